The maximum atomic E-state index is 11.2. The second-order valence-corrected chi connectivity index (χ2v) is 2.53. The summed E-state index contributed by atoms with van der Waals surface area (Å²) in [6.07, 6.45) is 3.34. The molecule has 2 aromatic heterocycles. The lowest BCUT2D eigenvalue weighted by Crippen LogP contribution is -2.19. The van der Waals surface area contributed by atoms with Crippen molar-refractivity contribution in [3.63, 3.8) is 0 Å². The van der Waals surface area contributed by atoms with Crippen LogP contribution in [0, 0.1) is 0 Å². The molecule has 5 heteroatoms. The number of amides is 1. The molecule has 0 spiro atoms. The Balaban J connectivity index is 0.000000531. The Labute approximate surface area is 88.1 Å². The number of carbonyl (C=O) groups is 1. The number of nitrogens with one attached hydrogen (secondary N) is 1. The summed E-state index contributed by atoms with van der Waals surface area (Å²) in [5.41, 5.74) is 1.07. The fraction of sp³-hybridized carbons (Fsp3) is 0.300. The molecule has 15 heavy (non-hydrogen) atoms. The standard InChI is InChI=1S/C8H8N4O.C2H6/c1-9-8(13)6-3-5-12-7(11-6)2-4-10-12;1-2/h2-5H,1H3,(H,9,13);1-2H3. The Hall–Kier alpha value is -1.91. The van der Waals surface area contributed by atoms with Gasteiger partial charge in [0.15, 0.2) is 5.65 Å². The highest BCUT2D eigenvalue weighted by Gasteiger charge is 2.05. The molecule has 0 unspecified atom stereocenters. The van der Waals surface area contributed by atoms with Crippen LogP contribution in [-0.4, -0.2) is 27.6 Å². The first-order valence-corrected chi connectivity index (χ1v) is 4.84. The van der Waals surface area contributed by atoms with E-state index in [1.807, 2.05) is 13.8 Å². The molecule has 2 rings (SSSR count). The van der Waals surface area contributed by atoms with E-state index in [1.54, 1.807) is 36.1 Å². The number of hydrogen-bond acceptors (Lipinski definition) is 3. The van der Waals surface area contributed by atoms with E-state index in [-0.39, 0.29) is 5.91 Å². The highest BCUT2D eigenvalue weighted by molar-refractivity contribution is 5.92. The van der Waals surface area contributed by atoms with Crippen LogP contribution >= 0.6 is 0 Å². The molecule has 2 heterocycles. The largest absolute Gasteiger partial charge is 0.354 e. The Morgan fingerprint density at radius 1 is 1.40 bits per heavy atom. The van der Waals surface area contributed by atoms with Gasteiger partial charge in [0, 0.05) is 19.3 Å². The molecule has 5 nitrogen and oxygen atoms in total. The summed E-state index contributed by atoms with van der Waals surface area (Å²) in [6, 6.07) is 3.37. The van der Waals surface area contributed by atoms with Gasteiger partial charge in [-0.25, -0.2) is 9.50 Å². The molecular weight excluding hydrogens is 192 g/mol. The molecule has 0 atom stereocenters. The Morgan fingerprint density at radius 2 is 2.13 bits per heavy atom. The van der Waals surface area contributed by atoms with E-state index in [0.717, 1.165) is 0 Å². The molecule has 0 bridgehead atoms. The van der Waals surface area contributed by atoms with E-state index in [0.29, 0.717) is 11.3 Å². The monoisotopic (exact) mass is 206 g/mol. The smallest absolute Gasteiger partial charge is 0.269 e. The minimum absolute atomic E-state index is 0.191. The van der Waals surface area contributed by atoms with Gasteiger partial charge >= 0.3 is 0 Å². The highest BCUT2D eigenvalue weighted by Crippen LogP contribution is 2.00. The molecular formula is C10H14N4O. The fourth-order valence-electron chi connectivity index (χ4n) is 1.07. The van der Waals surface area contributed by atoms with Gasteiger partial charge in [0.2, 0.25) is 0 Å². The van der Waals surface area contributed by atoms with E-state index >= 15 is 0 Å². The predicted molar refractivity (Wildman–Crippen MR) is 57.7 cm³/mol. The summed E-state index contributed by atoms with van der Waals surface area (Å²) in [5.74, 6) is -0.191. The molecule has 1 amide bonds. The second-order valence-electron chi connectivity index (χ2n) is 2.53. The van der Waals surface area contributed by atoms with Gasteiger partial charge in [-0.2, -0.15) is 5.10 Å². The third-order valence-corrected chi connectivity index (χ3v) is 1.72. The third-order valence-electron chi connectivity index (χ3n) is 1.72. The number of nitrogens with zero attached hydrogens (tertiary/aromatic N) is 3. The van der Waals surface area contributed by atoms with Crippen molar-refractivity contribution in [3.05, 3.63) is 30.2 Å². The van der Waals surface area contributed by atoms with Crippen molar-refractivity contribution < 1.29 is 4.79 Å². The van der Waals surface area contributed by atoms with Gasteiger partial charge in [-0.15, -0.1) is 0 Å². The third kappa shape index (κ3) is 2.31. The topological polar surface area (TPSA) is 59.3 Å². The summed E-state index contributed by atoms with van der Waals surface area (Å²) in [5, 5.41) is 6.47. The molecule has 0 aliphatic carbocycles. The molecule has 80 valence electrons. The van der Waals surface area contributed by atoms with Crippen molar-refractivity contribution >= 4 is 11.6 Å². The van der Waals surface area contributed by atoms with Crippen molar-refractivity contribution in [1.29, 1.82) is 0 Å². The van der Waals surface area contributed by atoms with Crippen molar-refractivity contribution in [2.24, 2.45) is 0 Å². The summed E-state index contributed by atoms with van der Waals surface area (Å²) in [7, 11) is 1.57. The van der Waals surface area contributed by atoms with E-state index in [1.165, 1.54) is 0 Å². The molecule has 0 fully saturated rings. The maximum absolute atomic E-state index is 11.2. The molecule has 1 N–H and O–H groups in total. The van der Waals surface area contributed by atoms with E-state index in [4.69, 9.17) is 0 Å². The van der Waals surface area contributed by atoms with Crippen LogP contribution in [0.15, 0.2) is 24.5 Å². The molecule has 0 aliphatic rings. The van der Waals surface area contributed by atoms with E-state index < -0.39 is 0 Å². The number of fused-ring (bicyclic) bond motifs is 1. The van der Waals surface area contributed by atoms with Crippen molar-refractivity contribution in [2.45, 2.75) is 13.8 Å². The summed E-state index contributed by atoms with van der Waals surface area (Å²) in [6.45, 7) is 4.00. The van der Waals surface area contributed by atoms with Crippen molar-refractivity contribution in [2.75, 3.05) is 7.05 Å². The Kier molecular flexibility index (Phi) is 3.79. The van der Waals surface area contributed by atoms with Crippen molar-refractivity contribution in [3.8, 4) is 0 Å². The van der Waals surface area contributed by atoms with E-state index in [9.17, 15) is 4.79 Å². The summed E-state index contributed by atoms with van der Waals surface area (Å²) >= 11 is 0. The number of hydrogen-bond donors (Lipinski definition) is 1. The average Bonchev–Trinajstić information content (AvgIpc) is 2.77. The van der Waals surface area contributed by atoms with Gasteiger partial charge in [0.1, 0.15) is 5.69 Å². The minimum Gasteiger partial charge on any atom is -0.354 e. The molecule has 0 aromatic carbocycles. The summed E-state index contributed by atoms with van der Waals surface area (Å²) in [4.78, 5) is 15.3. The molecule has 0 saturated heterocycles. The van der Waals surface area contributed by atoms with Gasteiger partial charge < -0.3 is 5.32 Å². The quantitative estimate of drug-likeness (QED) is 0.760. The van der Waals surface area contributed by atoms with Crippen molar-refractivity contribution in [1.82, 2.24) is 19.9 Å². The maximum Gasteiger partial charge on any atom is 0.269 e. The zero-order valence-corrected chi connectivity index (χ0v) is 9.06. The zero-order valence-electron chi connectivity index (χ0n) is 9.06. The van der Waals surface area contributed by atoms with Crippen LogP contribution in [0.25, 0.3) is 5.65 Å². The Bertz CT molecular complexity index is 449. The van der Waals surface area contributed by atoms with Gasteiger partial charge in [-0.1, -0.05) is 13.8 Å². The fourth-order valence-corrected chi connectivity index (χ4v) is 1.07. The number of rotatable bonds is 1. The lowest BCUT2D eigenvalue weighted by atomic mass is 10.4. The lowest BCUT2D eigenvalue weighted by Gasteiger charge is -1.98. The first-order valence-electron chi connectivity index (χ1n) is 4.84. The first-order chi connectivity index (χ1) is 7.31. The van der Waals surface area contributed by atoms with Crippen LogP contribution < -0.4 is 5.32 Å². The van der Waals surface area contributed by atoms with Crippen LogP contribution in [0.5, 0.6) is 0 Å². The molecule has 0 radical (unpaired) electrons. The molecule has 2 aromatic rings. The van der Waals surface area contributed by atoms with Crippen LogP contribution in [0.1, 0.15) is 24.3 Å². The normalized spacial score (nSPS) is 9.27. The van der Waals surface area contributed by atoms with E-state index in [2.05, 4.69) is 15.4 Å². The average molecular weight is 206 g/mol. The molecule has 0 aliphatic heterocycles. The predicted octanol–water partition coefficient (Wildman–Crippen LogP) is 1.12. The van der Waals surface area contributed by atoms with Crippen LogP contribution in [0.3, 0.4) is 0 Å². The number of aromatic nitrogens is 3. The van der Waals surface area contributed by atoms with Crippen LogP contribution in [-0.2, 0) is 0 Å². The van der Waals surface area contributed by atoms with Gasteiger partial charge in [0.05, 0.1) is 6.20 Å². The first kappa shape index (κ1) is 11.2. The molecule has 0 saturated carbocycles. The number of carbonyl (C=O) groups excluding carboxylic acids is 1. The summed E-state index contributed by atoms with van der Waals surface area (Å²) < 4.78 is 1.60. The minimum atomic E-state index is -0.191. The van der Waals surface area contributed by atoms with Gasteiger partial charge in [-0.05, 0) is 6.07 Å². The highest BCUT2D eigenvalue weighted by atomic mass is 16.1. The lowest BCUT2D eigenvalue weighted by molar-refractivity contribution is 0.0958. The van der Waals surface area contributed by atoms with Crippen LogP contribution in [0.2, 0.25) is 0 Å². The van der Waals surface area contributed by atoms with Gasteiger partial charge in [0.25, 0.3) is 5.91 Å². The van der Waals surface area contributed by atoms with Crippen LogP contribution in [0.4, 0.5) is 0 Å². The zero-order chi connectivity index (χ0) is 11.3. The Morgan fingerprint density at radius 3 is 2.80 bits per heavy atom. The second kappa shape index (κ2) is 5.09. The SMILES string of the molecule is CC.CNC(=O)c1ccn2nccc2n1. The van der Waals surface area contributed by atoms with Gasteiger partial charge in [-0.3, -0.25) is 4.79 Å².